The van der Waals surface area contributed by atoms with E-state index in [9.17, 15) is 20.2 Å². The molecule has 8 heteroatoms. The van der Waals surface area contributed by atoms with Crippen molar-refractivity contribution in [1.29, 1.82) is 5.26 Å². The van der Waals surface area contributed by atoms with Crippen LogP contribution in [0.2, 0.25) is 0 Å². The Bertz CT molecular complexity index is 1180. The number of ether oxygens (including phenoxy) is 1. The first kappa shape index (κ1) is 21.3. The SMILES string of the molecule is COc1cc([N+](=O)[O-])ccc1-c1ccc(/C=C(/C#N)C(=O)N[C@@H](C)c2ccccc2)o1. The van der Waals surface area contributed by atoms with E-state index in [1.54, 1.807) is 12.1 Å². The van der Waals surface area contributed by atoms with Crippen molar-refractivity contribution < 1.29 is 18.9 Å². The number of carbonyl (C=O) groups is 1. The van der Waals surface area contributed by atoms with Gasteiger partial charge in [-0.3, -0.25) is 14.9 Å². The summed E-state index contributed by atoms with van der Waals surface area (Å²) in [6.45, 7) is 1.83. The molecule has 156 valence electrons. The van der Waals surface area contributed by atoms with Gasteiger partial charge in [0.1, 0.15) is 28.9 Å². The molecule has 0 aliphatic rings. The number of rotatable bonds is 7. The zero-order valence-corrected chi connectivity index (χ0v) is 16.9. The number of nitro benzene ring substituents is 1. The molecule has 0 aliphatic carbocycles. The van der Waals surface area contributed by atoms with E-state index in [0.29, 0.717) is 11.3 Å². The minimum atomic E-state index is -0.523. The summed E-state index contributed by atoms with van der Waals surface area (Å²) in [6.07, 6.45) is 1.34. The molecular formula is C23H19N3O5. The molecule has 0 aliphatic heterocycles. The number of nitro groups is 1. The molecule has 0 unspecified atom stereocenters. The third kappa shape index (κ3) is 4.97. The van der Waals surface area contributed by atoms with Crippen molar-refractivity contribution in [3.05, 3.63) is 87.7 Å². The van der Waals surface area contributed by atoms with Gasteiger partial charge in [-0.1, -0.05) is 30.3 Å². The lowest BCUT2D eigenvalue weighted by Crippen LogP contribution is -2.27. The lowest BCUT2D eigenvalue weighted by Gasteiger charge is -2.13. The fourth-order valence-corrected chi connectivity index (χ4v) is 2.96. The molecule has 0 radical (unpaired) electrons. The van der Waals surface area contributed by atoms with Gasteiger partial charge in [-0.2, -0.15) is 5.26 Å². The average Bonchev–Trinajstić information content (AvgIpc) is 3.25. The molecule has 1 atom stereocenters. The predicted molar refractivity (Wildman–Crippen MR) is 114 cm³/mol. The zero-order valence-electron chi connectivity index (χ0n) is 16.9. The maximum absolute atomic E-state index is 12.5. The number of methoxy groups -OCH3 is 1. The van der Waals surface area contributed by atoms with Crippen LogP contribution in [0.4, 0.5) is 5.69 Å². The molecule has 1 N–H and O–H groups in total. The van der Waals surface area contributed by atoms with Gasteiger partial charge in [0.2, 0.25) is 0 Å². The number of hydrogen-bond donors (Lipinski definition) is 1. The standard InChI is InChI=1S/C23H19N3O5/c1-15(16-6-4-3-5-7-16)25-23(27)17(14-24)12-19-9-11-21(31-19)20-10-8-18(26(28)29)13-22(20)30-2/h3-13,15H,1-2H3,(H,25,27)/b17-12-/t15-/m0/s1. The second kappa shape index (κ2) is 9.41. The van der Waals surface area contributed by atoms with Crippen LogP contribution >= 0.6 is 0 Å². The van der Waals surface area contributed by atoms with E-state index in [4.69, 9.17) is 9.15 Å². The summed E-state index contributed by atoms with van der Waals surface area (Å²) >= 11 is 0. The predicted octanol–water partition coefficient (Wildman–Crippen LogP) is 4.65. The van der Waals surface area contributed by atoms with Gasteiger partial charge in [-0.05, 0) is 30.7 Å². The Labute approximate surface area is 178 Å². The molecule has 31 heavy (non-hydrogen) atoms. The van der Waals surface area contributed by atoms with E-state index >= 15 is 0 Å². The second-order valence-electron chi connectivity index (χ2n) is 6.62. The van der Waals surface area contributed by atoms with Crippen LogP contribution in [0.25, 0.3) is 17.4 Å². The number of furan rings is 1. The lowest BCUT2D eigenvalue weighted by molar-refractivity contribution is -0.384. The molecule has 8 nitrogen and oxygen atoms in total. The summed E-state index contributed by atoms with van der Waals surface area (Å²) in [4.78, 5) is 23.0. The van der Waals surface area contributed by atoms with E-state index < -0.39 is 10.8 Å². The molecule has 1 heterocycles. The van der Waals surface area contributed by atoms with Crippen LogP contribution in [0.5, 0.6) is 5.75 Å². The molecule has 0 spiro atoms. The summed E-state index contributed by atoms with van der Waals surface area (Å²) in [6, 6.07) is 18.4. The van der Waals surface area contributed by atoms with Crippen molar-refractivity contribution in [2.24, 2.45) is 0 Å². The number of amides is 1. The molecule has 2 aromatic carbocycles. The number of carbonyl (C=O) groups excluding carboxylic acids is 1. The smallest absolute Gasteiger partial charge is 0.273 e. The molecule has 1 aromatic heterocycles. The highest BCUT2D eigenvalue weighted by Crippen LogP contribution is 2.34. The zero-order chi connectivity index (χ0) is 22.4. The van der Waals surface area contributed by atoms with Gasteiger partial charge in [0.05, 0.1) is 29.7 Å². The van der Waals surface area contributed by atoms with Crippen LogP contribution in [-0.2, 0) is 4.79 Å². The van der Waals surface area contributed by atoms with Gasteiger partial charge in [0, 0.05) is 12.1 Å². The quantitative estimate of drug-likeness (QED) is 0.259. The Hall–Kier alpha value is -4.38. The first-order valence-corrected chi connectivity index (χ1v) is 9.33. The normalized spacial score (nSPS) is 12.0. The number of non-ortho nitro benzene ring substituents is 1. The van der Waals surface area contributed by atoms with Crippen LogP contribution in [0.3, 0.4) is 0 Å². The fourth-order valence-electron chi connectivity index (χ4n) is 2.96. The highest BCUT2D eigenvalue weighted by atomic mass is 16.6. The van der Waals surface area contributed by atoms with Crippen molar-refractivity contribution in [3.63, 3.8) is 0 Å². The molecular weight excluding hydrogens is 398 g/mol. The number of benzene rings is 2. The average molecular weight is 417 g/mol. The summed E-state index contributed by atoms with van der Waals surface area (Å²) in [5.41, 5.74) is 1.20. The van der Waals surface area contributed by atoms with Crippen LogP contribution in [-0.4, -0.2) is 17.9 Å². The third-order valence-electron chi connectivity index (χ3n) is 4.59. The van der Waals surface area contributed by atoms with Crippen molar-refractivity contribution in [1.82, 2.24) is 5.32 Å². The Kier molecular flexibility index (Phi) is 6.48. The minimum Gasteiger partial charge on any atom is -0.496 e. The maximum atomic E-state index is 12.5. The second-order valence-corrected chi connectivity index (χ2v) is 6.62. The molecule has 3 rings (SSSR count). The summed E-state index contributed by atoms with van der Waals surface area (Å²) in [5, 5.41) is 23.2. The van der Waals surface area contributed by atoms with Gasteiger partial charge in [0.15, 0.2) is 0 Å². The van der Waals surface area contributed by atoms with E-state index in [1.807, 2.05) is 43.3 Å². The van der Waals surface area contributed by atoms with Gasteiger partial charge >= 0.3 is 0 Å². The van der Waals surface area contributed by atoms with E-state index in [2.05, 4.69) is 5.32 Å². The van der Waals surface area contributed by atoms with Crippen molar-refractivity contribution in [2.75, 3.05) is 7.11 Å². The minimum absolute atomic E-state index is 0.108. The largest absolute Gasteiger partial charge is 0.496 e. The fraction of sp³-hybridized carbons (Fsp3) is 0.130. The molecule has 1 amide bonds. The summed E-state index contributed by atoms with van der Waals surface area (Å²) in [7, 11) is 1.40. The van der Waals surface area contributed by atoms with Crippen molar-refractivity contribution in [3.8, 4) is 23.1 Å². The Morgan fingerprint density at radius 1 is 1.23 bits per heavy atom. The molecule has 0 bridgehead atoms. The lowest BCUT2D eigenvalue weighted by atomic mass is 10.1. The molecule has 0 fully saturated rings. The highest BCUT2D eigenvalue weighted by molar-refractivity contribution is 6.01. The van der Waals surface area contributed by atoms with Crippen LogP contribution in [0.15, 0.2) is 70.7 Å². The number of hydrogen-bond acceptors (Lipinski definition) is 6. The van der Waals surface area contributed by atoms with Crippen LogP contribution < -0.4 is 10.1 Å². The van der Waals surface area contributed by atoms with E-state index in [-0.39, 0.29) is 28.8 Å². The maximum Gasteiger partial charge on any atom is 0.273 e. The molecule has 0 saturated heterocycles. The monoisotopic (exact) mass is 417 g/mol. The van der Waals surface area contributed by atoms with Gasteiger partial charge in [-0.25, -0.2) is 0 Å². The molecule has 3 aromatic rings. The number of nitrogens with one attached hydrogen (secondary N) is 1. The van der Waals surface area contributed by atoms with Gasteiger partial charge < -0.3 is 14.5 Å². The molecule has 0 saturated carbocycles. The highest BCUT2D eigenvalue weighted by Gasteiger charge is 2.17. The summed E-state index contributed by atoms with van der Waals surface area (Å²) in [5.74, 6) is 0.418. The third-order valence-corrected chi connectivity index (χ3v) is 4.59. The number of nitriles is 1. The Morgan fingerprint density at radius 3 is 2.61 bits per heavy atom. The summed E-state index contributed by atoms with van der Waals surface area (Å²) < 4.78 is 11.0. The van der Waals surface area contributed by atoms with Crippen LogP contribution in [0, 0.1) is 21.4 Å². The first-order chi connectivity index (χ1) is 14.9. The first-order valence-electron chi connectivity index (χ1n) is 9.33. The van der Waals surface area contributed by atoms with Crippen LogP contribution in [0.1, 0.15) is 24.3 Å². The van der Waals surface area contributed by atoms with Gasteiger partial charge in [-0.15, -0.1) is 0 Å². The topological polar surface area (TPSA) is 118 Å². The number of nitrogens with zero attached hydrogens (tertiary/aromatic N) is 2. The van der Waals surface area contributed by atoms with Gasteiger partial charge in [0.25, 0.3) is 11.6 Å². The van der Waals surface area contributed by atoms with Crippen molar-refractivity contribution in [2.45, 2.75) is 13.0 Å². The Morgan fingerprint density at radius 2 is 1.97 bits per heavy atom. The van der Waals surface area contributed by atoms with E-state index in [0.717, 1.165) is 5.56 Å². The Balaban J connectivity index is 1.82. The van der Waals surface area contributed by atoms with Crippen molar-refractivity contribution >= 4 is 17.7 Å². The van der Waals surface area contributed by atoms with E-state index in [1.165, 1.54) is 31.4 Å².